The maximum Gasteiger partial charge on any atom is 0.0562 e. The van der Waals surface area contributed by atoms with Gasteiger partial charge in [-0.15, -0.1) is 11.3 Å². The normalized spacial score (nSPS) is 13.6. The Bertz CT molecular complexity index is 327. The minimum absolute atomic E-state index is 0.287. The molecular formula is C12H22ClN3S. The van der Waals surface area contributed by atoms with Gasteiger partial charge in [-0.1, -0.05) is 11.6 Å². The first-order valence-corrected chi connectivity index (χ1v) is 7.09. The van der Waals surface area contributed by atoms with Crippen LogP contribution in [0.3, 0.4) is 0 Å². The fraction of sp³-hybridized carbons (Fsp3) is 0.667. The molecule has 0 saturated carbocycles. The molecule has 0 aromatic carbocycles. The molecule has 1 aromatic rings. The summed E-state index contributed by atoms with van der Waals surface area (Å²) in [5, 5.41) is 2.78. The maximum absolute atomic E-state index is 5.96. The molecule has 0 saturated heterocycles. The molecule has 0 bridgehead atoms. The van der Waals surface area contributed by atoms with E-state index >= 15 is 0 Å². The standard InChI is InChI=1S/C12H22ClN3S/c1-15(2)5-4-6-16(3)11(8-14)12-7-10(13)9-17-12/h7,9,11H,4-6,8,14H2,1-3H3. The van der Waals surface area contributed by atoms with Crippen LogP contribution in [0.5, 0.6) is 0 Å². The van der Waals surface area contributed by atoms with Crippen LogP contribution < -0.4 is 5.73 Å². The van der Waals surface area contributed by atoms with Crippen molar-refractivity contribution in [2.45, 2.75) is 12.5 Å². The highest BCUT2D eigenvalue weighted by Crippen LogP contribution is 2.27. The second-order valence-corrected chi connectivity index (χ2v) is 5.94. The van der Waals surface area contributed by atoms with Gasteiger partial charge < -0.3 is 10.6 Å². The summed E-state index contributed by atoms with van der Waals surface area (Å²) in [6.45, 7) is 2.79. The van der Waals surface area contributed by atoms with Gasteiger partial charge in [-0.25, -0.2) is 0 Å². The van der Waals surface area contributed by atoms with E-state index < -0.39 is 0 Å². The van der Waals surface area contributed by atoms with Crippen molar-refractivity contribution in [3.8, 4) is 0 Å². The van der Waals surface area contributed by atoms with Crippen LogP contribution in [0.2, 0.25) is 5.02 Å². The van der Waals surface area contributed by atoms with Crippen LogP contribution in [0.25, 0.3) is 0 Å². The largest absolute Gasteiger partial charge is 0.329 e. The molecule has 1 rings (SSSR count). The molecular weight excluding hydrogens is 254 g/mol. The molecule has 98 valence electrons. The molecule has 0 radical (unpaired) electrons. The summed E-state index contributed by atoms with van der Waals surface area (Å²) in [6, 6.07) is 2.31. The van der Waals surface area contributed by atoms with Crippen molar-refractivity contribution in [3.05, 3.63) is 21.3 Å². The van der Waals surface area contributed by atoms with E-state index in [2.05, 4.69) is 30.9 Å². The SMILES string of the molecule is CN(C)CCCN(C)C(CN)c1cc(Cl)cs1. The molecule has 1 heterocycles. The smallest absolute Gasteiger partial charge is 0.0562 e. The molecule has 1 aromatic heterocycles. The Hall–Kier alpha value is -0.130. The highest BCUT2D eigenvalue weighted by molar-refractivity contribution is 7.10. The zero-order valence-corrected chi connectivity index (χ0v) is 12.4. The Morgan fingerprint density at radius 1 is 1.35 bits per heavy atom. The van der Waals surface area contributed by atoms with Gasteiger partial charge in [0.1, 0.15) is 0 Å². The van der Waals surface area contributed by atoms with Crippen molar-refractivity contribution in [2.75, 3.05) is 40.8 Å². The first-order chi connectivity index (χ1) is 8.04. The van der Waals surface area contributed by atoms with Crippen LogP contribution in [0.15, 0.2) is 11.4 Å². The Morgan fingerprint density at radius 3 is 2.53 bits per heavy atom. The molecule has 1 unspecified atom stereocenters. The third kappa shape index (κ3) is 4.94. The molecule has 0 aliphatic rings. The van der Waals surface area contributed by atoms with Gasteiger partial charge in [0.25, 0.3) is 0 Å². The predicted molar refractivity (Wildman–Crippen MR) is 76.9 cm³/mol. The van der Waals surface area contributed by atoms with Crippen molar-refractivity contribution in [2.24, 2.45) is 5.73 Å². The van der Waals surface area contributed by atoms with Gasteiger partial charge in [0.05, 0.1) is 11.1 Å². The molecule has 3 nitrogen and oxygen atoms in total. The summed E-state index contributed by atoms with van der Waals surface area (Å²) in [4.78, 5) is 5.77. The van der Waals surface area contributed by atoms with Gasteiger partial charge in [-0.2, -0.15) is 0 Å². The fourth-order valence-corrected chi connectivity index (χ4v) is 3.07. The molecule has 0 fully saturated rings. The third-order valence-corrected chi connectivity index (χ3v) is 4.17. The van der Waals surface area contributed by atoms with E-state index in [1.54, 1.807) is 11.3 Å². The van der Waals surface area contributed by atoms with Gasteiger partial charge >= 0.3 is 0 Å². The summed E-state index contributed by atoms with van der Waals surface area (Å²) >= 11 is 7.64. The van der Waals surface area contributed by atoms with E-state index in [0.29, 0.717) is 6.54 Å². The zero-order chi connectivity index (χ0) is 12.8. The molecule has 2 N–H and O–H groups in total. The zero-order valence-electron chi connectivity index (χ0n) is 10.8. The van der Waals surface area contributed by atoms with Gasteiger partial charge in [-0.05, 0) is 46.7 Å². The lowest BCUT2D eigenvalue weighted by atomic mass is 10.2. The molecule has 1 atom stereocenters. The van der Waals surface area contributed by atoms with Crippen molar-refractivity contribution < 1.29 is 0 Å². The average Bonchev–Trinajstić information content (AvgIpc) is 2.65. The minimum Gasteiger partial charge on any atom is -0.329 e. The lowest BCUT2D eigenvalue weighted by Crippen LogP contribution is -2.32. The van der Waals surface area contributed by atoms with E-state index in [9.17, 15) is 0 Å². The van der Waals surface area contributed by atoms with Gasteiger partial charge in [0.2, 0.25) is 0 Å². The number of thiophene rings is 1. The van der Waals surface area contributed by atoms with Gasteiger partial charge in [-0.3, -0.25) is 4.90 Å². The molecule has 0 aliphatic heterocycles. The quantitative estimate of drug-likeness (QED) is 0.829. The summed E-state index contributed by atoms with van der Waals surface area (Å²) in [5.41, 5.74) is 5.86. The van der Waals surface area contributed by atoms with Crippen molar-refractivity contribution >= 4 is 22.9 Å². The second-order valence-electron chi connectivity index (χ2n) is 4.56. The maximum atomic E-state index is 5.96. The van der Waals surface area contributed by atoms with Crippen LogP contribution >= 0.6 is 22.9 Å². The van der Waals surface area contributed by atoms with Crippen LogP contribution in [0, 0.1) is 0 Å². The lowest BCUT2D eigenvalue weighted by Gasteiger charge is -2.26. The Kier molecular flexibility index (Phi) is 6.44. The van der Waals surface area contributed by atoms with E-state index in [1.165, 1.54) is 4.88 Å². The Balaban J connectivity index is 2.49. The number of nitrogens with two attached hydrogens (primary N) is 1. The lowest BCUT2D eigenvalue weighted by molar-refractivity contribution is 0.238. The average molecular weight is 276 g/mol. The van der Waals surface area contributed by atoms with Crippen LogP contribution in [-0.2, 0) is 0 Å². The van der Waals surface area contributed by atoms with E-state index in [-0.39, 0.29) is 6.04 Å². The van der Waals surface area contributed by atoms with Crippen molar-refractivity contribution in [1.82, 2.24) is 9.80 Å². The first-order valence-electron chi connectivity index (χ1n) is 5.83. The summed E-state index contributed by atoms with van der Waals surface area (Å²) in [6.07, 6.45) is 1.15. The summed E-state index contributed by atoms with van der Waals surface area (Å²) < 4.78 is 0. The topological polar surface area (TPSA) is 32.5 Å². The van der Waals surface area contributed by atoms with E-state index in [1.807, 2.05) is 11.4 Å². The number of halogens is 1. The van der Waals surface area contributed by atoms with Crippen molar-refractivity contribution in [1.29, 1.82) is 0 Å². The summed E-state index contributed by atoms with van der Waals surface area (Å²) in [7, 11) is 6.32. The number of likely N-dealkylation sites (N-methyl/N-ethyl adjacent to an activating group) is 1. The highest BCUT2D eigenvalue weighted by atomic mass is 35.5. The molecule has 17 heavy (non-hydrogen) atoms. The Morgan fingerprint density at radius 2 is 2.06 bits per heavy atom. The monoisotopic (exact) mass is 275 g/mol. The van der Waals surface area contributed by atoms with Gasteiger partial charge in [0.15, 0.2) is 0 Å². The van der Waals surface area contributed by atoms with Gasteiger partial charge in [0, 0.05) is 16.8 Å². The Labute approximate surface area is 113 Å². The molecule has 0 aliphatic carbocycles. The number of hydrogen-bond acceptors (Lipinski definition) is 4. The fourth-order valence-electron chi connectivity index (χ4n) is 1.81. The number of hydrogen-bond donors (Lipinski definition) is 1. The first kappa shape index (κ1) is 14.9. The molecule has 0 spiro atoms. The third-order valence-electron chi connectivity index (χ3n) is 2.79. The molecule has 0 amide bonds. The van der Waals surface area contributed by atoms with E-state index in [4.69, 9.17) is 17.3 Å². The highest BCUT2D eigenvalue weighted by Gasteiger charge is 2.16. The predicted octanol–water partition coefficient (Wildman–Crippen LogP) is 2.28. The van der Waals surface area contributed by atoms with Crippen LogP contribution in [0.1, 0.15) is 17.3 Å². The summed E-state index contributed by atoms with van der Waals surface area (Å²) in [5.74, 6) is 0. The number of nitrogens with zero attached hydrogens (tertiary/aromatic N) is 2. The van der Waals surface area contributed by atoms with Crippen LogP contribution in [-0.4, -0.2) is 50.6 Å². The van der Waals surface area contributed by atoms with E-state index in [0.717, 1.165) is 24.5 Å². The van der Waals surface area contributed by atoms with Crippen LogP contribution in [0.4, 0.5) is 0 Å². The molecule has 5 heteroatoms. The minimum atomic E-state index is 0.287. The number of rotatable bonds is 7. The second kappa shape index (κ2) is 7.34. The van der Waals surface area contributed by atoms with Crippen molar-refractivity contribution in [3.63, 3.8) is 0 Å².